The van der Waals surface area contributed by atoms with Gasteiger partial charge in [0.05, 0.1) is 19.8 Å². The fourth-order valence-corrected chi connectivity index (χ4v) is 1.19. The summed E-state index contributed by atoms with van der Waals surface area (Å²) in [7, 11) is -4.38. The molecule has 2 unspecified atom stereocenters. The van der Waals surface area contributed by atoms with E-state index < -0.39 is 27.1 Å². The Morgan fingerprint density at radius 1 is 1.54 bits per heavy atom. The Kier molecular flexibility index (Phi) is 6.44. The fourth-order valence-electron chi connectivity index (χ4n) is 0.432. The summed E-state index contributed by atoms with van der Waals surface area (Å²) in [6.45, 7) is -1.22. The summed E-state index contributed by atoms with van der Waals surface area (Å²) in [6, 6.07) is 0. The minimum atomic E-state index is -4.38. The number of phosphoric ester groups is 1. The van der Waals surface area contributed by atoms with Crippen molar-refractivity contribution in [1.29, 1.82) is 0 Å². The van der Waals surface area contributed by atoms with Gasteiger partial charge in [0, 0.05) is 6.54 Å². The van der Waals surface area contributed by atoms with Crippen molar-refractivity contribution in [3.8, 4) is 0 Å². The standard InChI is InChI=1S/C5H14NO6P/c6-1-2-11-13(9,10)12-4-5(8)3-7/h5,7-8H,1-4,6H2,(H,9,10)/p-1. The van der Waals surface area contributed by atoms with Crippen LogP contribution in [0.25, 0.3) is 0 Å². The first-order valence-corrected chi connectivity index (χ1v) is 5.07. The second kappa shape index (κ2) is 6.44. The highest BCUT2D eigenvalue weighted by Crippen LogP contribution is 2.37. The molecule has 0 radical (unpaired) electrons. The van der Waals surface area contributed by atoms with E-state index in [-0.39, 0.29) is 13.2 Å². The molecule has 0 heterocycles. The van der Waals surface area contributed by atoms with Crippen LogP contribution in [0.2, 0.25) is 0 Å². The molecule has 80 valence electrons. The van der Waals surface area contributed by atoms with Crippen LogP contribution in [-0.2, 0) is 13.6 Å². The highest BCUT2D eigenvalue weighted by atomic mass is 31.2. The molecule has 0 aliphatic rings. The molecule has 0 aromatic rings. The summed E-state index contributed by atoms with van der Waals surface area (Å²) in [6.07, 6.45) is -1.23. The van der Waals surface area contributed by atoms with Gasteiger partial charge in [-0.1, -0.05) is 0 Å². The molecule has 8 heteroatoms. The van der Waals surface area contributed by atoms with E-state index in [2.05, 4.69) is 9.05 Å². The average molecular weight is 214 g/mol. The maximum atomic E-state index is 10.7. The normalized spacial score (nSPS) is 18.2. The Balaban J connectivity index is 3.68. The van der Waals surface area contributed by atoms with Crippen molar-refractivity contribution in [3.63, 3.8) is 0 Å². The van der Waals surface area contributed by atoms with Crippen molar-refractivity contribution in [2.24, 2.45) is 5.73 Å². The largest absolute Gasteiger partial charge is 0.756 e. The zero-order valence-electron chi connectivity index (χ0n) is 6.96. The number of aliphatic hydroxyl groups excluding tert-OH is 2. The molecule has 0 aliphatic carbocycles. The molecule has 2 atom stereocenters. The lowest BCUT2D eigenvalue weighted by Gasteiger charge is -2.23. The molecule has 0 rings (SSSR count). The van der Waals surface area contributed by atoms with E-state index in [0.29, 0.717) is 0 Å². The second-order valence-electron chi connectivity index (χ2n) is 2.20. The Hall–Kier alpha value is -0.0100. The van der Waals surface area contributed by atoms with Crippen molar-refractivity contribution in [2.75, 3.05) is 26.4 Å². The molecule has 0 aromatic carbocycles. The van der Waals surface area contributed by atoms with Crippen LogP contribution >= 0.6 is 7.82 Å². The first-order chi connectivity index (χ1) is 6.02. The SMILES string of the molecule is NCCOP(=O)([O-])OCC(O)CO. The topological polar surface area (TPSA) is 125 Å². The highest BCUT2D eigenvalue weighted by Gasteiger charge is 2.11. The molecule has 0 saturated heterocycles. The molecule has 13 heavy (non-hydrogen) atoms. The van der Waals surface area contributed by atoms with E-state index in [4.69, 9.17) is 15.9 Å². The lowest BCUT2D eigenvalue weighted by molar-refractivity contribution is -0.227. The van der Waals surface area contributed by atoms with Crippen LogP contribution in [0.15, 0.2) is 0 Å². The Morgan fingerprint density at radius 3 is 2.62 bits per heavy atom. The van der Waals surface area contributed by atoms with E-state index in [0.717, 1.165) is 0 Å². The fraction of sp³-hybridized carbons (Fsp3) is 1.00. The lowest BCUT2D eigenvalue weighted by Crippen LogP contribution is -2.22. The Morgan fingerprint density at radius 2 is 2.15 bits per heavy atom. The van der Waals surface area contributed by atoms with Gasteiger partial charge in [-0.15, -0.1) is 0 Å². The molecular weight excluding hydrogens is 201 g/mol. The minimum Gasteiger partial charge on any atom is -0.756 e. The van der Waals surface area contributed by atoms with Gasteiger partial charge in [-0.05, 0) is 0 Å². The van der Waals surface area contributed by atoms with Gasteiger partial charge < -0.3 is 29.9 Å². The zero-order valence-corrected chi connectivity index (χ0v) is 7.85. The molecular formula is C5H13NO6P-. The van der Waals surface area contributed by atoms with Crippen LogP contribution in [0.3, 0.4) is 0 Å². The summed E-state index contributed by atoms with van der Waals surface area (Å²) >= 11 is 0. The molecule has 0 fully saturated rings. The predicted molar refractivity (Wildman–Crippen MR) is 41.7 cm³/mol. The molecule has 0 spiro atoms. The first kappa shape index (κ1) is 13.0. The summed E-state index contributed by atoms with van der Waals surface area (Å²) in [5.74, 6) is 0. The van der Waals surface area contributed by atoms with Crippen molar-refractivity contribution in [3.05, 3.63) is 0 Å². The molecule has 0 bridgehead atoms. The second-order valence-corrected chi connectivity index (χ2v) is 3.61. The quantitative estimate of drug-likeness (QED) is 0.410. The molecule has 0 aliphatic heterocycles. The van der Waals surface area contributed by atoms with Crippen molar-refractivity contribution >= 4 is 7.82 Å². The molecule has 0 aromatic heterocycles. The highest BCUT2D eigenvalue weighted by molar-refractivity contribution is 7.45. The summed E-state index contributed by atoms with van der Waals surface area (Å²) in [5.41, 5.74) is 4.99. The van der Waals surface area contributed by atoms with Crippen LogP contribution < -0.4 is 10.6 Å². The predicted octanol–water partition coefficient (Wildman–Crippen LogP) is -2.20. The first-order valence-electron chi connectivity index (χ1n) is 3.61. The summed E-state index contributed by atoms with van der Waals surface area (Å²) in [5, 5.41) is 17.1. The summed E-state index contributed by atoms with van der Waals surface area (Å²) in [4.78, 5) is 10.7. The van der Waals surface area contributed by atoms with E-state index in [1.807, 2.05) is 0 Å². The molecule has 7 nitrogen and oxygen atoms in total. The van der Waals surface area contributed by atoms with Crippen LogP contribution in [0, 0.1) is 0 Å². The third-order valence-corrected chi connectivity index (χ3v) is 1.97. The van der Waals surface area contributed by atoms with Crippen LogP contribution in [0.5, 0.6) is 0 Å². The lowest BCUT2D eigenvalue weighted by atomic mass is 10.4. The van der Waals surface area contributed by atoms with Gasteiger partial charge in [-0.25, -0.2) is 0 Å². The van der Waals surface area contributed by atoms with E-state index in [1.165, 1.54) is 0 Å². The Labute approximate surface area is 75.7 Å². The van der Waals surface area contributed by atoms with Gasteiger partial charge >= 0.3 is 0 Å². The minimum absolute atomic E-state index is 0.0537. The van der Waals surface area contributed by atoms with Crippen LogP contribution in [0.1, 0.15) is 0 Å². The number of hydrogen-bond acceptors (Lipinski definition) is 7. The number of nitrogens with two attached hydrogens (primary N) is 1. The average Bonchev–Trinajstić information content (AvgIpc) is 2.11. The van der Waals surface area contributed by atoms with Gasteiger partial charge in [0.2, 0.25) is 0 Å². The van der Waals surface area contributed by atoms with Crippen molar-refractivity contribution < 1.29 is 28.7 Å². The van der Waals surface area contributed by atoms with Gasteiger partial charge in [0.25, 0.3) is 7.82 Å². The number of aliphatic hydroxyl groups is 2. The summed E-state index contributed by atoms with van der Waals surface area (Å²) < 4.78 is 19.2. The zero-order chi connectivity index (χ0) is 10.3. The molecule has 0 amide bonds. The van der Waals surface area contributed by atoms with Crippen LogP contribution in [0.4, 0.5) is 0 Å². The van der Waals surface area contributed by atoms with E-state index >= 15 is 0 Å². The van der Waals surface area contributed by atoms with Gasteiger partial charge in [-0.3, -0.25) is 4.57 Å². The van der Waals surface area contributed by atoms with E-state index in [1.54, 1.807) is 0 Å². The molecule has 0 saturated carbocycles. The Bertz CT molecular complexity index is 176. The monoisotopic (exact) mass is 214 g/mol. The number of rotatable bonds is 7. The maximum Gasteiger partial charge on any atom is 0.268 e. The third kappa shape index (κ3) is 7.09. The van der Waals surface area contributed by atoms with Crippen LogP contribution in [-0.4, -0.2) is 42.7 Å². The van der Waals surface area contributed by atoms with E-state index in [9.17, 15) is 9.46 Å². The maximum absolute atomic E-state index is 10.7. The van der Waals surface area contributed by atoms with Crippen molar-refractivity contribution in [2.45, 2.75) is 6.10 Å². The third-order valence-electron chi connectivity index (χ3n) is 1.00. The van der Waals surface area contributed by atoms with Gasteiger partial charge in [0.15, 0.2) is 0 Å². The molecule has 4 N–H and O–H groups in total. The smallest absolute Gasteiger partial charge is 0.268 e. The number of phosphoric acid groups is 1. The van der Waals surface area contributed by atoms with Crippen molar-refractivity contribution in [1.82, 2.24) is 0 Å². The van der Waals surface area contributed by atoms with Gasteiger partial charge in [-0.2, -0.15) is 0 Å². The van der Waals surface area contributed by atoms with Gasteiger partial charge in [0.1, 0.15) is 6.10 Å². The number of hydrogen-bond donors (Lipinski definition) is 3.